The van der Waals surface area contributed by atoms with Gasteiger partial charge in [0.05, 0.1) is 17.6 Å². The van der Waals surface area contributed by atoms with Crippen molar-refractivity contribution in [3.05, 3.63) is 30.4 Å². The Labute approximate surface area is 73.4 Å². The van der Waals surface area contributed by atoms with Crippen LogP contribution in [0.25, 0.3) is 6.08 Å². The third kappa shape index (κ3) is 2.46. The summed E-state index contributed by atoms with van der Waals surface area (Å²) in [7, 11) is 0. The van der Waals surface area contributed by atoms with E-state index in [1.165, 1.54) is 0 Å². The van der Waals surface area contributed by atoms with E-state index in [1.807, 2.05) is 6.20 Å². The van der Waals surface area contributed by atoms with Crippen molar-refractivity contribution < 1.29 is 0 Å². The van der Waals surface area contributed by atoms with E-state index in [9.17, 15) is 0 Å². The molecule has 1 heterocycles. The lowest BCUT2D eigenvalue weighted by atomic mass is 10.1. The van der Waals surface area contributed by atoms with E-state index in [2.05, 4.69) is 30.4 Å². The quantitative estimate of drug-likeness (QED) is 0.681. The van der Waals surface area contributed by atoms with Crippen LogP contribution in [0.3, 0.4) is 0 Å². The van der Waals surface area contributed by atoms with Gasteiger partial charge in [0.2, 0.25) is 0 Å². The molecule has 0 atom stereocenters. The molecule has 0 aromatic carbocycles. The average molecular weight is 162 g/mol. The number of hydrogen-bond acceptors (Lipinski definition) is 2. The molecule has 0 aliphatic rings. The average Bonchev–Trinajstić information content (AvgIpc) is 2.03. The smallest absolute Gasteiger partial charge is 0.0810 e. The Morgan fingerprint density at radius 3 is 2.83 bits per heavy atom. The molecule has 12 heavy (non-hydrogen) atoms. The first-order valence-electron chi connectivity index (χ1n) is 4.15. The highest BCUT2D eigenvalue weighted by atomic mass is 14.8. The Bertz CT molecular complexity index is 266. The monoisotopic (exact) mass is 162 g/mol. The Kier molecular flexibility index (Phi) is 2.97. The minimum Gasteiger partial charge on any atom is -0.261 e. The number of nitrogens with zero attached hydrogens (tertiary/aromatic N) is 2. The van der Waals surface area contributed by atoms with Crippen LogP contribution in [0.15, 0.2) is 19.0 Å². The topological polar surface area (TPSA) is 25.8 Å². The lowest BCUT2D eigenvalue weighted by Crippen LogP contribution is -1.98. The Hall–Kier alpha value is -1.18. The van der Waals surface area contributed by atoms with E-state index in [0.717, 1.165) is 17.8 Å². The molecule has 1 aromatic heterocycles. The van der Waals surface area contributed by atoms with Gasteiger partial charge in [0, 0.05) is 6.20 Å². The summed E-state index contributed by atoms with van der Waals surface area (Å²) in [6, 6.07) is 0. The van der Waals surface area contributed by atoms with E-state index in [1.54, 1.807) is 12.3 Å². The second kappa shape index (κ2) is 4.00. The van der Waals surface area contributed by atoms with Gasteiger partial charge in [-0.15, -0.1) is 0 Å². The van der Waals surface area contributed by atoms with E-state index >= 15 is 0 Å². The fraction of sp³-hybridized carbons (Fsp3) is 0.400. The second-order valence-corrected chi connectivity index (χ2v) is 3.24. The molecule has 0 spiro atoms. The fourth-order valence-corrected chi connectivity index (χ4v) is 1.04. The van der Waals surface area contributed by atoms with E-state index in [-0.39, 0.29) is 0 Å². The molecule has 0 fully saturated rings. The first-order valence-corrected chi connectivity index (χ1v) is 4.15. The van der Waals surface area contributed by atoms with Crippen LogP contribution in [0.1, 0.15) is 25.2 Å². The first kappa shape index (κ1) is 8.91. The summed E-state index contributed by atoms with van der Waals surface area (Å²) >= 11 is 0. The molecular weight excluding hydrogens is 148 g/mol. The van der Waals surface area contributed by atoms with Crippen LogP contribution in [-0.2, 0) is 6.42 Å². The summed E-state index contributed by atoms with van der Waals surface area (Å²) in [6.07, 6.45) is 6.23. The van der Waals surface area contributed by atoms with E-state index in [0.29, 0.717) is 5.92 Å². The van der Waals surface area contributed by atoms with Gasteiger partial charge >= 0.3 is 0 Å². The Morgan fingerprint density at radius 2 is 2.25 bits per heavy atom. The third-order valence-corrected chi connectivity index (χ3v) is 1.53. The van der Waals surface area contributed by atoms with Crippen LogP contribution < -0.4 is 0 Å². The molecule has 2 heteroatoms. The zero-order valence-corrected chi connectivity index (χ0v) is 7.62. The highest BCUT2D eigenvalue weighted by Crippen LogP contribution is 2.04. The summed E-state index contributed by atoms with van der Waals surface area (Å²) in [6.45, 7) is 7.99. The van der Waals surface area contributed by atoms with Crippen molar-refractivity contribution in [1.82, 2.24) is 9.97 Å². The molecular formula is C10H14N2. The predicted molar refractivity (Wildman–Crippen MR) is 50.7 cm³/mol. The molecule has 0 aliphatic heterocycles. The van der Waals surface area contributed by atoms with Gasteiger partial charge in [-0.2, -0.15) is 0 Å². The zero-order valence-electron chi connectivity index (χ0n) is 7.62. The van der Waals surface area contributed by atoms with Crippen molar-refractivity contribution in [2.24, 2.45) is 5.92 Å². The third-order valence-electron chi connectivity index (χ3n) is 1.53. The normalized spacial score (nSPS) is 10.2. The summed E-state index contributed by atoms with van der Waals surface area (Å²) in [5.74, 6) is 0.624. The van der Waals surface area contributed by atoms with Gasteiger partial charge in [-0.1, -0.05) is 20.4 Å². The van der Waals surface area contributed by atoms with Crippen molar-refractivity contribution in [2.75, 3.05) is 0 Å². The van der Waals surface area contributed by atoms with Gasteiger partial charge in [-0.3, -0.25) is 9.97 Å². The minimum atomic E-state index is 0.624. The highest BCUT2D eigenvalue weighted by molar-refractivity contribution is 5.39. The summed E-state index contributed by atoms with van der Waals surface area (Å²) in [4.78, 5) is 8.43. The molecule has 2 nitrogen and oxygen atoms in total. The minimum absolute atomic E-state index is 0.624. The van der Waals surface area contributed by atoms with E-state index in [4.69, 9.17) is 0 Å². The first-order chi connectivity index (χ1) is 5.72. The van der Waals surface area contributed by atoms with Gasteiger partial charge < -0.3 is 0 Å². The van der Waals surface area contributed by atoms with Crippen LogP contribution in [0.2, 0.25) is 0 Å². The fourth-order valence-electron chi connectivity index (χ4n) is 1.04. The van der Waals surface area contributed by atoms with Crippen molar-refractivity contribution in [2.45, 2.75) is 20.3 Å². The number of aromatic nitrogens is 2. The SMILES string of the molecule is C=Cc1cncc(CC(C)C)n1. The number of rotatable bonds is 3. The van der Waals surface area contributed by atoms with Crippen LogP contribution in [0.4, 0.5) is 0 Å². The van der Waals surface area contributed by atoms with Crippen LogP contribution in [0.5, 0.6) is 0 Å². The molecule has 0 bridgehead atoms. The molecule has 1 rings (SSSR count). The second-order valence-electron chi connectivity index (χ2n) is 3.24. The Morgan fingerprint density at radius 1 is 1.50 bits per heavy atom. The van der Waals surface area contributed by atoms with Crippen molar-refractivity contribution >= 4 is 6.08 Å². The molecule has 0 saturated heterocycles. The van der Waals surface area contributed by atoms with Crippen molar-refractivity contribution in [1.29, 1.82) is 0 Å². The summed E-state index contributed by atoms with van der Waals surface area (Å²) in [5.41, 5.74) is 1.90. The highest BCUT2D eigenvalue weighted by Gasteiger charge is 1.99. The molecule has 0 saturated carbocycles. The molecule has 0 amide bonds. The van der Waals surface area contributed by atoms with Crippen molar-refractivity contribution in [3.8, 4) is 0 Å². The zero-order chi connectivity index (χ0) is 8.97. The van der Waals surface area contributed by atoms with Crippen molar-refractivity contribution in [3.63, 3.8) is 0 Å². The lowest BCUT2D eigenvalue weighted by molar-refractivity contribution is 0.632. The standard InChI is InChI=1S/C10H14N2/c1-4-9-6-11-7-10(12-9)5-8(2)3/h4,6-8H,1,5H2,2-3H3. The maximum absolute atomic E-state index is 4.35. The predicted octanol–water partition coefficient (Wildman–Crippen LogP) is 2.32. The maximum atomic E-state index is 4.35. The molecule has 0 radical (unpaired) electrons. The Balaban J connectivity index is 2.79. The van der Waals surface area contributed by atoms with Gasteiger partial charge in [0.1, 0.15) is 0 Å². The van der Waals surface area contributed by atoms with Crippen LogP contribution in [0, 0.1) is 5.92 Å². The molecule has 1 aromatic rings. The molecule has 0 N–H and O–H groups in total. The van der Waals surface area contributed by atoms with Gasteiger partial charge in [0.25, 0.3) is 0 Å². The summed E-state index contributed by atoms with van der Waals surface area (Å²) in [5, 5.41) is 0. The number of hydrogen-bond donors (Lipinski definition) is 0. The molecule has 64 valence electrons. The van der Waals surface area contributed by atoms with Gasteiger partial charge in [-0.25, -0.2) is 0 Å². The lowest BCUT2D eigenvalue weighted by Gasteiger charge is -2.03. The van der Waals surface area contributed by atoms with Gasteiger partial charge in [0.15, 0.2) is 0 Å². The molecule has 0 unspecified atom stereocenters. The summed E-state index contributed by atoms with van der Waals surface area (Å²) < 4.78 is 0. The van der Waals surface area contributed by atoms with Crippen LogP contribution in [-0.4, -0.2) is 9.97 Å². The van der Waals surface area contributed by atoms with E-state index < -0.39 is 0 Å². The molecule has 0 aliphatic carbocycles. The van der Waals surface area contributed by atoms with Crippen LogP contribution >= 0.6 is 0 Å². The maximum Gasteiger partial charge on any atom is 0.0810 e. The van der Waals surface area contributed by atoms with Gasteiger partial charge in [-0.05, 0) is 18.4 Å². The largest absolute Gasteiger partial charge is 0.261 e.